The highest BCUT2D eigenvalue weighted by Gasteiger charge is 2.38. The molecular formula is C27H27ClF4N2O7. The van der Waals surface area contributed by atoms with E-state index in [0.717, 1.165) is 30.3 Å². The summed E-state index contributed by atoms with van der Waals surface area (Å²) in [5.74, 6) is -4.14. The van der Waals surface area contributed by atoms with Crippen LogP contribution < -0.4 is 9.64 Å². The second kappa shape index (κ2) is 13.9. The van der Waals surface area contributed by atoms with Gasteiger partial charge in [-0.3, -0.25) is 4.79 Å². The minimum atomic E-state index is -4.87. The topological polar surface area (TPSA) is 107 Å². The van der Waals surface area contributed by atoms with Crippen LogP contribution in [0.2, 0.25) is 0 Å². The standard InChI is InChI=1S/C27H27ClF4N2O7/c1-38-13-17(14-39-2)34(25(36)19-6-4-16(28)9-22(19)29)23-7-5-18(10-20(23)26(37)40-3)41-24-21(27(30,31)32)8-15(12-35)11-33-24/h4-11,17,19,22,35H,12-14H2,1-3H3. The molecule has 1 aromatic heterocycles. The molecule has 0 saturated heterocycles. The van der Waals surface area contributed by atoms with Crippen molar-refractivity contribution in [3.8, 4) is 11.6 Å². The van der Waals surface area contributed by atoms with E-state index in [0.29, 0.717) is 6.07 Å². The Kier molecular flexibility index (Phi) is 10.8. The number of pyridine rings is 1. The number of hydrogen-bond acceptors (Lipinski definition) is 8. The number of aliphatic hydroxyl groups is 1. The highest BCUT2D eigenvalue weighted by atomic mass is 35.5. The van der Waals surface area contributed by atoms with Gasteiger partial charge in [0.2, 0.25) is 11.8 Å². The van der Waals surface area contributed by atoms with Crippen LogP contribution in [0.1, 0.15) is 21.5 Å². The molecule has 2 unspecified atom stereocenters. The summed E-state index contributed by atoms with van der Waals surface area (Å²) in [6, 6.07) is 3.35. The van der Waals surface area contributed by atoms with Crippen LogP contribution in [-0.2, 0) is 31.8 Å². The predicted molar refractivity (Wildman–Crippen MR) is 140 cm³/mol. The van der Waals surface area contributed by atoms with Gasteiger partial charge < -0.3 is 29.0 Å². The number of methoxy groups -OCH3 is 3. The second-order valence-corrected chi connectivity index (χ2v) is 9.21. The third kappa shape index (κ3) is 7.61. The Labute approximate surface area is 237 Å². The first-order valence-corrected chi connectivity index (χ1v) is 12.4. The first-order valence-electron chi connectivity index (χ1n) is 12.0. The third-order valence-corrected chi connectivity index (χ3v) is 6.23. The highest BCUT2D eigenvalue weighted by Crippen LogP contribution is 2.39. The lowest BCUT2D eigenvalue weighted by atomic mass is 9.95. The van der Waals surface area contributed by atoms with Crippen LogP contribution in [0.25, 0.3) is 0 Å². The zero-order chi connectivity index (χ0) is 30.3. The lowest BCUT2D eigenvalue weighted by molar-refractivity contribution is -0.139. The van der Waals surface area contributed by atoms with E-state index in [-0.39, 0.29) is 40.8 Å². The van der Waals surface area contributed by atoms with Crippen LogP contribution >= 0.6 is 11.6 Å². The zero-order valence-electron chi connectivity index (χ0n) is 22.2. The van der Waals surface area contributed by atoms with Crippen LogP contribution in [-0.4, -0.2) is 68.7 Å². The fourth-order valence-electron chi connectivity index (χ4n) is 4.11. The van der Waals surface area contributed by atoms with E-state index < -0.39 is 54.2 Å². The molecule has 1 aliphatic rings. The van der Waals surface area contributed by atoms with Gasteiger partial charge in [0.15, 0.2) is 0 Å². The second-order valence-electron chi connectivity index (χ2n) is 8.78. The first-order chi connectivity index (χ1) is 19.4. The number of amides is 1. The van der Waals surface area contributed by atoms with Gasteiger partial charge in [-0.05, 0) is 42.0 Å². The summed E-state index contributed by atoms with van der Waals surface area (Å²) in [5.41, 5.74) is -1.69. The number of aromatic nitrogens is 1. The molecule has 2 aromatic rings. The number of nitrogens with zero attached hydrogens (tertiary/aromatic N) is 2. The average Bonchev–Trinajstić information content (AvgIpc) is 2.93. The van der Waals surface area contributed by atoms with Gasteiger partial charge in [-0.25, -0.2) is 14.2 Å². The normalized spacial score (nSPS) is 16.9. The van der Waals surface area contributed by atoms with Crippen LogP contribution in [0.3, 0.4) is 0 Å². The molecule has 222 valence electrons. The van der Waals surface area contributed by atoms with Crippen LogP contribution in [0, 0.1) is 5.92 Å². The smallest absolute Gasteiger partial charge is 0.421 e. The van der Waals surface area contributed by atoms with Crippen LogP contribution in [0.4, 0.5) is 23.2 Å². The Morgan fingerprint density at radius 2 is 1.83 bits per heavy atom. The quantitative estimate of drug-likeness (QED) is 0.288. The maximum atomic E-state index is 14.9. The van der Waals surface area contributed by atoms with Gasteiger partial charge in [0.25, 0.3) is 0 Å². The largest absolute Gasteiger partial charge is 0.465 e. The molecule has 9 nitrogen and oxygen atoms in total. The van der Waals surface area contributed by atoms with Crippen molar-refractivity contribution in [2.24, 2.45) is 5.92 Å². The molecule has 1 N–H and O–H groups in total. The number of carbonyl (C=O) groups is 2. The number of allylic oxidation sites excluding steroid dienone is 3. The van der Waals surface area contributed by atoms with E-state index >= 15 is 0 Å². The maximum absolute atomic E-state index is 14.9. The average molecular weight is 603 g/mol. The summed E-state index contributed by atoms with van der Waals surface area (Å²) in [7, 11) is 3.81. The van der Waals surface area contributed by atoms with Gasteiger partial charge in [0.05, 0.1) is 50.1 Å². The first kappa shape index (κ1) is 32.0. The van der Waals surface area contributed by atoms with E-state index in [2.05, 4.69) is 4.98 Å². The Morgan fingerprint density at radius 3 is 2.39 bits per heavy atom. The molecule has 0 aliphatic heterocycles. The number of carbonyl (C=O) groups excluding carboxylic acids is 2. The monoisotopic (exact) mass is 602 g/mol. The molecule has 14 heteroatoms. The van der Waals surface area contributed by atoms with Crippen molar-refractivity contribution in [3.63, 3.8) is 0 Å². The van der Waals surface area contributed by atoms with E-state index in [1.165, 1.54) is 38.5 Å². The fraction of sp³-hybridized carbons (Fsp3) is 0.370. The molecule has 1 amide bonds. The van der Waals surface area contributed by atoms with Crippen molar-refractivity contribution in [1.29, 1.82) is 0 Å². The lowest BCUT2D eigenvalue weighted by Gasteiger charge is -2.35. The van der Waals surface area contributed by atoms with Gasteiger partial charge in [-0.1, -0.05) is 17.7 Å². The molecule has 0 radical (unpaired) electrons. The molecule has 0 saturated carbocycles. The molecule has 1 heterocycles. The molecule has 1 aromatic carbocycles. The SMILES string of the molecule is COCC(COC)N(C(=O)C1C=CC(Cl)=CC1F)c1ccc(Oc2ncc(CO)cc2C(F)(F)F)cc1C(=O)OC. The molecular weight excluding hydrogens is 576 g/mol. The van der Waals surface area contributed by atoms with Gasteiger partial charge in [0.1, 0.15) is 17.5 Å². The van der Waals surface area contributed by atoms with Crippen molar-refractivity contribution in [2.45, 2.75) is 25.0 Å². The molecule has 2 atom stereocenters. The van der Waals surface area contributed by atoms with E-state index in [4.69, 9.17) is 30.5 Å². The number of esters is 1. The molecule has 41 heavy (non-hydrogen) atoms. The number of alkyl halides is 4. The number of rotatable bonds is 11. The molecule has 0 fully saturated rings. The van der Waals surface area contributed by atoms with Crippen molar-refractivity contribution < 1.29 is 51.2 Å². The number of anilines is 1. The van der Waals surface area contributed by atoms with Crippen molar-refractivity contribution in [2.75, 3.05) is 39.4 Å². The Morgan fingerprint density at radius 1 is 1.15 bits per heavy atom. The van der Waals surface area contributed by atoms with Gasteiger partial charge >= 0.3 is 12.1 Å². The third-order valence-electron chi connectivity index (χ3n) is 5.97. The van der Waals surface area contributed by atoms with E-state index in [9.17, 15) is 32.3 Å². The van der Waals surface area contributed by atoms with Crippen molar-refractivity contribution >= 4 is 29.2 Å². The highest BCUT2D eigenvalue weighted by molar-refractivity contribution is 6.31. The zero-order valence-corrected chi connectivity index (χ0v) is 22.9. The number of halogens is 5. The number of ether oxygens (including phenoxy) is 4. The fourth-order valence-corrected chi connectivity index (χ4v) is 4.30. The Balaban J connectivity index is 2.13. The number of benzene rings is 1. The summed E-state index contributed by atoms with van der Waals surface area (Å²) >= 11 is 5.87. The van der Waals surface area contributed by atoms with Gasteiger partial charge in [0, 0.05) is 25.4 Å². The minimum Gasteiger partial charge on any atom is -0.465 e. The van der Waals surface area contributed by atoms with Crippen LogP contribution in [0.15, 0.2) is 53.7 Å². The summed E-state index contributed by atoms with van der Waals surface area (Å²) in [6.07, 6.45) is -1.93. The molecule has 0 bridgehead atoms. The van der Waals surface area contributed by atoms with E-state index in [1.807, 2.05) is 0 Å². The van der Waals surface area contributed by atoms with Crippen molar-refractivity contribution in [1.82, 2.24) is 4.98 Å². The van der Waals surface area contributed by atoms with Crippen molar-refractivity contribution in [3.05, 3.63) is 70.4 Å². The molecule has 0 spiro atoms. The lowest BCUT2D eigenvalue weighted by Crippen LogP contribution is -2.50. The Hall–Kier alpha value is -3.52. The summed E-state index contributed by atoms with van der Waals surface area (Å²) in [6.45, 7) is -0.847. The number of hydrogen-bond donors (Lipinski definition) is 1. The summed E-state index contributed by atoms with van der Waals surface area (Å²) in [5, 5.41) is 9.32. The Bertz CT molecular complexity index is 1310. The maximum Gasteiger partial charge on any atom is 0.421 e. The van der Waals surface area contributed by atoms with Gasteiger partial charge in [-0.2, -0.15) is 13.2 Å². The van der Waals surface area contributed by atoms with Crippen LogP contribution in [0.5, 0.6) is 11.6 Å². The summed E-state index contributed by atoms with van der Waals surface area (Å²) < 4.78 is 76.7. The molecule has 1 aliphatic carbocycles. The minimum absolute atomic E-state index is 0.0609. The molecule has 3 rings (SSSR count). The number of aliphatic hydroxyl groups excluding tert-OH is 1. The van der Waals surface area contributed by atoms with Gasteiger partial charge in [-0.15, -0.1) is 0 Å². The van der Waals surface area contributed by atoms with E-state index in [1.54, 1.807) is 0 Å². The predicted octanol–water partition coefficient (Wildman–Crippen LogP) is 4.81. The summed E-state index contributed by atoms with van der Waals surface area (Å²) in [4.78, 5) is 31.4.